The van der Waals surface area contributed by atoms with Crippen molar-refractivity contribution >= 4 is 17.2 Å². The summed E-state index contributed by atoms with van der Waals surface area (Å²) in [7, 11) is 0. The van der Waals surface area contributed by atoms with Crippen LogP contribution in [-0.4, -0.2) is 27.6 Å². The lowest BCUT2D eigenvalue weighted by Crippen LogP contribution is -2.24. The van der Waals surface area contributed by atoms with E-state index >= 15 is 0 Å². The molecule has 0 atom stereocenters. The Morgan fingerprint density at radius 1 is 1.41 bits per heavy atom. The molecule has 0 aliphatic carbocycles. The monoisotopic (exact) mass is 305 g/mol. The van der Waals surface area contributed by atoms with Gasteiger partial charge in [0.2, 0.25) is 5.75 Å². The van der Waals surface area contributed by atoms with Crippen molar-refractivity contribution in [1.82, 2.24) is 5.32 Å². The van der Waals surface area contributed by atoms with E-state index in [4.69, 9.17) is 0 Å². The van der Waals surface area contributed by atoms with Crippen LogP contribution in [0, 0.1) is 21.4 Å². The Labute approximate surface area is 126 Å². The molecule has 1 aromatic carbocycles. The number of rotatable bonds is 5. The first-order chi connectivity index (χ1) is 10.4. The number of allylic oxidation sites excluding steroid dienone is 1. The van der Waals surface area contributed by atoms with Gasteiger partial charge in [-0.15, -0.1) is 0 Å². The molecule has 1 rings (SSSR count). The number of benzene rings is 1. The molecule has 1 aromatic rings. The Morgan fingerprint density at radius 2 is 2.05 bits per heavy atom. The van der Waals surface area contributed by atoms with Crippen LogP contribution in [-0.2, 0) is 4.79 Å². The molecule has 8 heteroatoms. The lowest BCUT2D eigenvalue weighted by atomic mass is 9.96. The van der Waals surface area contributed by atoms with E-state index in [1.807, 2.05) is 0 Å². The Balaban J connectivity index is 3.58. The molecule has 3 N–H and O–H groups in total. The van der Waals surface area contributed by atoms with Gasteiger partial charge in [-0.25, -0.2) is 0 Å². The quantitative estimate of drug-likeness (QED) is 0.249. The topological polar surface area (TPSA) is 136 Å². The first kappa shape index (κ1) is 17.0. The van der Waals surface area contributed by atoms with E-state index in [0.717, 1.165) is 12.1 Å². The van der Waals surface area contributed by atoms with Gasteiger partial charge >= 0.3 is 5.69 Å². The maximum atomic E-state index is 11.9. The molecule has 0 unspecified atom stereocenters. The standard InChI is InChI=1S/C14H15N3O5/c1-3-9(10(7-15)14(20)16-4-2)8-5-11(17(21)22)13(19)12(18)6-8/h5-6,18-19H,3-4H2,1-2H3,(H,16,20). The fourth-order valence-electron chi connectivity index (χ4n) is 1.95. The molecule has 0 aliphatic heterocycles. The van der Waals surface area contributed by atoms with E-state index in [-0.39, 0.29) is 23.1 Å². The highest BCUT2D eigenvalue weighted by Crippen LogP contribution is 2.39. The minimum Gasteiger partial charge on any atom is -0.504 e. The van der Waals surface area contributed by atoms with Crippen molar-refractivity contribution in [2.75, 3.05) is 6.54 Å². The highest BCUT2D eigenvalue weighted by atomic mass is 16.6. The molecule has 8 nitrogen and oxygen atoms in total. The van der Waals surface area contributed by atoms with E-state index < -0.39 is 28.0 Å². The number of hydrogen-bond donors (Lipinski definition) is 3. The summed E-state index contributed by atoms with van der Waals surface area (Å²) in [4.78, 5) is 21.9. The maximum absolute atomic E-state index is 11.9. The maximum Gasteiger partial charge on any atom is 0.315 e. The van der Waals surface area contributed by atoms with Crippen molar-refractivity contribution in [3.8, 4) is 17.6 Å². The lowest BCUT2D eigenvalue weighted by Gasteiger charge is -2.10. The van der Waals surface area contributed by atoms with Gasteiger partial charge in [0.1, 0.15) is 11.6 Å². The van der Waals surface area contributed by atoms with Gasteiger partial charge in [0.15, 0.2) is 5.75 Å². The predicted molar refractivity (Wildman–Crippen MR) is 77.9 cm³/mol. The molecule has 0 heterocycles. The number of phenolic OH excluding ortho intramolecular Hbond substituents is 2. The average molecular weight is 305 g/mol. The van der Waals surface area contributed by atoms with Gasteiger partial charge in [-0.1, -0.05) is 6.92 Å². The number of aromatic hydroxyl groups is 2. The highest BCUT2D eigenvalue weighted by molar-refractivity contribution is 6.05. The number of carbonyl (C=O) groups excluding carboxylic acids is 1. The van der Waals surface area contributed by atoms with Crippen LogP contribution in [0.15, 0.2) is 17.7 Å². The number of nitrogens with zero attached hydrogens (tertiary/aromatic N) is 2. The van der Waals surface area contributed by atoms with Crippen molar-refractivity contribution in [1.29, 1.82) is 5.26 Å². The van der Waals surface area contributed by atoms with Crippen LogP contribution in [0.4, 0.5) is 5.69 Å². The zero-order valence-corrected chi connectivity index (χ0v) is 12.1. The van der Waals surface area contributed by atoms with E-state index in [9.17, 15) is 30.4 Å². The highest BCUT2D eigenvalue weighted by Gasteiger charge is 2.22. The third-order valence-corrected chi connectivity index (χ3v) is 2.95. The minimum absolute atomic E-state index is 0.132. The van der Waals surface area contributed by atoms with Crippen molar-refractivity contribution in [2.24, 2.45) is 0 Å². The molecule has 22 heavy (non-hydrogen) atoms. The van der Waals surface area contributed by atoms with Crippen LogP contribution in [0.2, 0.25) is 0 Å². The smallest absolute Gasteiger partial charge is 0.315 e. The summed E-state index contributed by atoms with van der Waals surface area (Å²) in [6.07, 6.45) is 0.237. The second kappa shape index (κ2) is 7.08. The normalized spacial score (nSPS) is 11.3. The summed E-state index contributed by atoms with van der Waals surface area (Å²) < 4.78 is 0. The van der Waals surface area contributed by atoms with Crippen LogP contribution in [0.1, 0.15) is 25.8 Å². The molecular formula is C14H15N3O5. The number of nitro benzene ring substituents is 1. The number of phenols is 2. The van der Waals surface area contributed by atoms with Crippen LogP contribution in [0.25, 0.3) is 5.57 Å². The minimum atomic E-state index is -0.860. The van der Waals surface area contributed by atoms with Gasteiger partial charge < -0.3 is 15.5 Å². The predicted octanol–water partition coefficient (Wildman–Crippen LogP) is 1.83. The molecule has 0 spiro atoms. The third kappa shape index (κ3) is 3.32. The summed E-state index contributed by atoms with van der Waals surface area (Å²) in [5.74, 6) is -2.15. The zero-order valence-electron chi connectivity index (χ0n) is 12.1. The van der Waals surface area contributed by atoms with Gasteiger partial charge in [-0.2, -0.15) is 5.26 Å². The van der Waals surface area contributed by atoms with Crippen LogP contribution in [0.3, 0.4) is 0 Å². The van der Waals surface area contributed by atoms with Crippen molar-refractivity contribution in [2.45, 2.75) is 20.3 Å². The number of nitro groups is 1. The fraction of sp³-hybridized carbons (Fsp3) is 0.286. The van der Waals surface area contributed by atoms with E-state index in [1.54, 1.807) is 19.9 Å². The van der Waals surface area contributed by atoms with E-state index in [1.165, 1.54) is 0 Å². The molecule has 0 aromatic heterocycles. The number of nitriles is 1. The Morgan fingerprint density at radius 3 is 2.50 bits per heavy atom. The van der Waals surface area contributed by atoms with Gasteiger partial charge in [0.05, 0.1) is 4.92 Å². The second-order valence-electron chi connectivity index (χ2n) is 4.30. The molecule has 0 radical (unpaired) electrons. The molecule has 1 amide bonds. The van der Waals surface area contributed by atoms with Gasteiger partial charge in [-0.3, -0.25) is 14.9 Å². The first-order valence-electron chi connectivity index (χ1n) is 6.49. The Hall–Kier alpha value is -3.08. The fourth-order valence-corrected chi connectivity index (χ4v) is 1.95. The SMILES string of the molecule is CCNC(=O)C(C#N)=C(CC)c1cc(O)c(O)c([N+](=O)[O-])c1. The number of carbonyl (C=O) groups is 1. The summed E-state index contributed by atoms with van der Waals surface area (Å²) in [5, 5.41) is 41.6. The summed E-state index contributed by atoms with van der Waals surface area (Å²) >= 11 is 0. The van der Waals surface area contributed by atoms with E-state index in [0.29, 0.717) is 6.54 Å². The Bertz CT molecular complexity index is 688. The number of hydrogen-bond acceptors (Lipinski definition) is 6. The third-order valence-electron chi connectivity index (χ3n) is 2.95. The van der Waals surface area contributed by atoms with Crippen LogP contribution >= 0.6 is 0 Å². The number of nitrogens with one attached hydrogen (secondary N) is 1. The average Bonchev–Trinajstić information content (AvgIpc) is 2.47. The van der Waals surface area contributed by atoms with Crippen LogP contribution < -0.4 is 5.32 Å². The molecule has 0 bridgehead atoms. The zero-order chi connectivity index (χ0) is 16.9. The van der Waals surface area contributed by atoms with Gasteiger partial charge in [-0.05, 0) is 30.5 Å². The first-order valence-corrected chi connectivity index (χ1v) is 6.49. The number of likely N-dealkylation sites (N-methyl/N-ethyl adjacent to an activating group) is 1. The van der Waals surface area contributed by atoms with Crippen LogP contribution in [0.5, 0.6) is 11.5 Å². The molecule has 0 saturated carbocycles. The van der Waals surface area contributed by atoms with Crippen molar-refractivity contribution in [3.05, 3.63) is 33.4 Å². The summed E-state index contributed by atoms with van der Waals surface area (Å²) in [6.45, 7) is 3.68. The molecule has 0 saturated heterocycles. The lowest BCUT2D eigenvalue weighted by molar-refractivity contribution is -0.386. The van der Waals surface area contributed by atoms with Crippen molar-refractivity contribution in [3.63, 3.8) is 0 Å². The van der Waals surface area contributed by atoms with Gasteiger partial charge in [0, 0.05) is 12.6 Å². The summed E-state index contributed by atoms with van der Waals surface area (Å²) in [5.41, 5.74) is -0.517. The van der Waals surface area contributed by atoms with Gasteiger partial charge in [0.25, 0.3) is 5.91 Å². The molecular weight excluding hydrogens is 290 g/mol. The van der Waals surface area contributed by atoms with Crippen molar-refractivity contribution < 1.29 is 19.9 Å². The Kier molecular flexibility index (Phi) is 5.46. The largest absolute Gasteiger partial charge is 0.504 e. The second-order valence-corrected chi connectivity index (χ2v) is 4.30. The molecule has 0 aliphatic rings. The summed E-state index contributed by atoms with van der Waals surface area (Å²) in [6, 6.07) is 3.87. The number of amides is 1. The molecule has 0 fully saturated rings. The van der Waals surface area contributed by atoms with E-state index in [2.05, 4.69) is 5.32 Å². The molecule has 116 valence electrons.